The van der Waals surface area contributed by atoms with E-state index in [9.17, 15) is 0 Å². The number of halogens is 2. The van der Waals surface area contributed by atoms with Gasteiger partial charge in [0.05, 0.1) is 14.2 Å². The number of hydrogen-bond acceptors (Lipinski definition) is 4. The molecule has 3 nitrogen and oxygen atoms in total. The Kier molecular flexibility index (Phi) is 4.96. The molecule has 0 aliphatic rings. The van der Waals surface area contributed by atoms with Gasteiger partial charge in [0.25, 0.3) is 0 Å². The molecule has 1 N–H and O–H groups in total. The summed E-state index contributed by atoms with van der Waals surface area (Å²) in [5.74, 6) is 1.42. The number of ether oxygens (including phenoxy) is 2. The van der Waals surface area contributed by atoms with Crippen LogP contribution in [0.4, 0.5) is 5.69 Å². The van der Waals surface area contributed by atoms with Gasteiger partial charge in [-0.15, -0.1) is 11.3 Å². The van der Waals surface area contributed by atoms with Crippen LogP contribution < -0.4 is 14.8 Å². The van der Waals surface area contributed by atoms with Gasteiger partial charge in [-0.05, 0) is 34.1 Å². The molecule has 0 unspecified atom stereocenters. The smallest absolute Gasteiger partial charge is 0.162 e. The van der Waals surface area contributed by atoms with E-state index in [4.69, 9.17) is 21.1 Å². The van der Waals surface area contributed by atoms with Gasteiger partial charge in [0.1, 0.15) is 4.34 Å². The van der Waals surface area contributed by atoms with E-state index in [0.29, 0.717) is 12.3 Å². The van der Waals surface area contributed by atoms with Gasteiger partial charge in [0, 0.05) is 27.6 Å². The molecule has 1 aromatic carbocycles. The highest BCUT2D eigenvalue weighted by Gasteiger charge is 2.06. The highest BCUT2D eigenvalue weighted by Crippen LogP contribution is 2.33. The molecule has 2 aromatic rings. The molecule has 0 aliphatic heterocycles. The van der Waals surface area contributed by atoms with Crippen molar-refractivity contribution in [2.75, 3.05) is 19.5 Å². The molecule has 0 amide bonds. The van der Waals surface area contributed by atoms with Crippen molar-refractivity contribution in [3.63, 3.8) is 0 Å². The molecule has 19 heavy (non-hydrogen) atoms. The second-order valence-electron chi connectivity index (χ2n) is 3.76. The Morgan fingerprint density at radius 3 is 2.53 bits per heavy atom. The third-order valence-corrected chi connectivity index (χ3v) is 5.02. The first-order chi connectivity index (χ1) is 9.13. The standard InChI is InChI=1S/C13H13BrClNO2S/c1-17-11-4-3-8(5-12(11)18-2)16-7-9-6-10(14)13(15)19-9/h3-6,16H,7H2,1-2H3. The van der Waals surface area contributed by atoms with Crippen LogP contribution in [0.2, 0.25) is 4.34 Å². The van der Waals surface area contributed by atoms with Crippen molar-refractivity contribution in [3.8, 4) is 11.5 Å². The van der Waals surface area contributed by atoms with E-state index in [-0.39, 0.29) is 0 Å². The van der Waals surface area contributed by atoms with Crippen LogP contribution >= 0.6 is 38.9 Å². The van der Waals surface area contributed by atoms with E-state index in [2.05, 4.69) is 21.2 Å². The van der Waals surface area contributed by atoms with Crippen LogP contribution in [0.3, 0.4) is 0 Å². The first kappa shape index (κ1) is 14.5. The lowest BCUT2D eigenvalue weighted by molar-refractivity contribution is 0.355. The Labute approximate surface area is 129 Å². The van der Waals surface area contributed by atoms with Gasteiger partial charge in [-0.25, -0.2) is 0 Å². The minimum atomic E-state index is 0.706. The second kappa shape index (κ2) is 6.50. The summed E-state index contributed by atoms with van der Waals surface area (Å²) in [6.45, 7) is 0.714. The summed E-state index contributed by atoms with van der Waals surface area (Å²) in [7, 11) is 3.24. The largest absolute Gasteiger partial charge is 0.493 e. The van der Waals surface area contributed by atoms with Gasteiger partial charge >= 0.3 is 0 Å². The number of anilines is 1. The molecule has 0 aliphatic carbocycles. The van der Waals surface area contributed by atoms with Crippen LogP contribution in [0.5, 0.6) is 11.5 Å². The molecule has 102 valence electrons. The topological polar surface area (TPSA) is 30.5 Å². The van der Waals surface area contributed by atoms with Gasteiger partial charge in [0.15, 0.2) is 11.5 Å². The summed E-state index contributed by atoms with van der Waals surface area (Å²) < 4.78 is 12.2. The Hall–Kier alpha value is -0.910. The highest BCUT2D eigenvalue weighted by atomic mass is 79.9. The van der Waals surface area contributed by atoms with E-state index in [1.54, 1.807) is 25.6 Å². The lowest BCUT2D eigenvalue weighted by Crippen LogP contribution is -1.98. The average molecular weight is 363 g/mol. The van der Waals surface area contributed by atoms with Crippen LogP contribution in [0.25, 0.3) is 0 Å². The molecular formula is C13H13BrClNO2S. The van der Waals surface area contributed by atoms with Crippen LogP contribution in [0.1, 0.15) is 4.88 Å². The monoisotopic (exact) mass is 361 g/mol. The molecule has 1 aromatic heterocycles. The van der Waals surface area contributed by atoms with Gasteiger partial charge in [-0.2, -0.15) is 0 Å². The molecule has 0 spiro atoms. The highest BCUT2D eigenvalue weighted by molar-refractivity contribution is 9.10. The first-order valence-corrected chi connectivity index (χ1v) is 7.52. The summed E-state index contributed by atoms with van der Waals surface area (Å²) in [4.78, 5) is 1.16. The van der Waals surface area contributed by atoms with E-state index >= 15 is 0 Å². The fourth-order valence-electron chi connectivity index (χ4n) is 1.61. The maximum absolute atomic E-state index is 6.01. The Morgan fingerprint density at radius 1 is 1.21 bits per heavy atom. The Bertz CT molecular complexity index is 554. The quantitative estimate of drug-likeness (QED) is 0.829. The number of rotatable bonds is 5. The van der Waals surface area contributed by atoms with Crippen LogP contribution in [0, 0.1) is 0 Å². The van der Waals surface area contributed by atoms with Crippen molar-refractivity contribution in [2.45, 2.75) is 6.54 Å². The summed E-state index contributed by atoms with van der Waals surface area (Å²) in [5.41, 5.74) is 0.971. The van der Waals surface area contributed by atoms with E-state index in [1.807, 2.05) is 24.3 Å². The van der Waals surface area contributed by atoms with Crippen molar-refractivity contribution in [3.05, 3.63) is 38.0 Å². The van der Waals surface area contributed by atoms with Crippen LogP contribution in [-0.4, -0.2) is 14.2 Å². The SMILES string of the molecule is COc1ccc(NCc2cc(Br)c(Cl)s2)cc1OC. The van der Waals surface area contributed by atoms with E-state index in [0.717, 1.165) is 25.1 Å². The van der Waals surface area contributed by atoms with Crippen molar-refractivity contribution in [1.82, 2.24) is 0 Å². The average Bonchev–Trinajstić information content (AvgIpc) is 2.75. The van der Waals surface area contributed by atoms with Crippen LogP contribution in [-0.2, 0) is 6.54 Å². The number of methoxy groups -OCH3 is 2. The fourth-order valence-corrected chi connectivity index (χ4v) is 3.34. The third kappa shape index (κ3) is 3.55. The summed E-state index contributed by atoms with van der Waals surface area (Å²) in [6, 6.07) is 7.74. The zero-order valence-electron chi connectivity index (χ0n) is 10.5. The Balaban J connectivity index is 2.07. The molecule has 0 saturated heterocycles. The normalized spacial score (nSPS) is 10.3. The fraction of sp³-hybridized carbons (Fsp3) is 0.231. The van der Waals surface area contributed by atoms with Crippen LogP contribution in [0.15, 0.2) is 28.7 Å². The van der Waals surface area contributed by atoms with Gasteiger partial charge in [-0.1, -0.05) is 11.6 Å². The molecule has 0 saturated carbocycles. The number of thiophene rings is 1. The molecule has 0 atom stereocenters. The minimum absolute atomic E-state index is 0.706. The predicted molar refractivity (Wildman–Crippen MR) is 83.9 cm³/mol. The molecule has 0 fully saturated rings. The number of benzene rings is 1. The van der Waals surface area contributed by atoms with E-state index in [1.165, 1.54) is 0 Å². The third-order valence-electron chi connectivity index (χ3n) is 2.55. The zero-order chi connectivity index (χ0) is 13.8. The maximum Gasteiger partial charge on any atom is 0.162 e. The minimum Gasteiger partial charge on any atom is -0.493 e. The molecule has 2 rings (SSSR count). The molecule has 0 radical (unpaired) electrons. The summed E-state index contributed by atoms with van der Waals surface area (Å²) >= 11 is 11.0. The molecule has 6 heteroatoms. The molecule has 0 bridgehead atoms. The maximum atomic E-state index is 6.01. The lowest BCUT2D eigenvalue weighted by Gasteiger charge is -2.10. The van der Waals surface area contributed by atoms with E-state index < -0.39 is 0 Å². The predicted octanol–water partition coefficient (Wildman–Crippen LogP) is 4.79. The first-order valence-electron chi connectivity index (χ1n) is 5.53. The van der Waals surface area contributed by atoms with Gasteiger partial charge in [-0.3, -0.25) is 0 Å². The van der Waals surface area contributed by atoms with Crippen molar-refractivity contribution < 1.29 is 9.47 Å². The lowest BCUT2D eigenvalue weighted by atomic mass is 10.2. The van der Waals surface area contributed by atoms with Gasteiger partial charge < -0.3 is 14.8 Å². The van der Waals surface area contributed by atoms with Gasteiger partial charge in [0.2, 0.25) is 0 Å². The molecule has 1 heterocycles. The van der Waals surface area contributed by atoms with Crippen molar-refractivity contribution in [1.29, 1.82) is 0 Å². The number of hydrogen-bond donors (Lipinski definition) is 1. The summed E-state index contributed by atoms with van der Waals surface area (Å²) in [6.07, 6.45) is 0. The Morgan fingerprint density at radius 2 is 1.95 bits per heavy atom. The zero-order valence-corrected chi connectivity index (χ0v) is 13.7. The second-order valence-corrected chi connectivity index (χ2v) is 6.35. The van der Waals surface area contributed by atoms with Crippen molar-refractivity contribution >= 4 is 44.6 Å². The van der Waals surface area contributed by atoms with Crippen molar-refractivity contribution in [2.24, 2.45) is 0 Å². The molecular weight excluding hydrogens is 350 g/mol. The number of nitrogens with one attached hydrogen (secondary N) is 1. The summed E-state index contributed by atoms with van der Waals surface area (Å²) in [5, 5.41) is 3.32.